The van der Waals surface area contributed by atoms with E-state index in [9.17, 15) is 55.9 Å². The van der Waals surface area contributed by atoms with Gasteiger partial charge >= 0.3 is 37.6 Å². The Morgan fingerprint density at radius 2 is 0.593 bits per heavy atom. The molecule has 0 radical (unpaired) electrons. The number of hydrogen-bond donors (Lipinski definition) is 8. The van der Waals surface area contributed by atoms with Gasteiger partial charge in [0.15, 0.2) is 0 Å². The van der Waals surface area contributed by atoms with Crippen molar-refractivity contribution in [2.45, 2.75) is 155 Å². The van der Waals surface area contributed by atoms with E-state index < -0.39 is 73.8 Å². The first-order chi connectivity index (χ1) is 56.5. The molecule has 0 saturated carbocycles. The Labute approximate surface area is 681 Å². The summed E-state index contributed by atoms with van der Waals surface area (Å²) in [4.78, 5) is 141. The highest BCUT2D eigenvalue weighted by molar-refractivity contribution is 5.89. The molecule has 4 aromatic heterocycles. The van der Waals surface area contributed by atoms with E-state index in [1.807, 2.05) is 125 Å². The number of aromatic amines is 4. The van der Waals surface area contributed by atoms with Crippen molar-refractivity contribution in [1.82, 2.24) is 80.7 Å². The first-order valence-corrected chi connectivity index (χ1v) is 39.6. The molecular formula is C84H104F4N16O14. The molecule has 30 nitrogen and oxygen atoms in total. The van der Waals surface area contributed by atoms with Crippen molar-refractivity contribution in [3.05, 3.63) is 145 Å². The number of nitrogens with zero attached hydrogens (tertiary/aromatic N) is 8. The number of likely N-dealkylation sites (tertiary alicyclic amines) is 4. The van der Waals surface area contributed by atoms with Crippen LogP contribution in [0.1, 0.15) is 141 Å². The minimum atomic E-state index is -2.93. The number of hydrogen-bond acceptors (Lipinski definition) is 18. The van der Waals surface area contributed by atoms with E-state index in [-0.39, 0.29) is 97.5 Å². The van der Waals surface area contributed by atoms with Gasteiger partial charge in [-0.25, -0.2) is 39.1 Å². The van der Waals surface area contributed by atoms with E-state index in [1.54, 1.807) is 72.1 Å². The molecule has 8 heterocycles. The Kier molecular flexibility index (Phi) is 29.2. The normalized spacial score (nSPS) is 19.0. The van der Waals surface area contributed by atoms with Crippen molar-refractivity contribution in [3.63, 3.8) is 0 Å². The Bertz CT molecular complexity index is 4430. The van der Waals surface area contributed by atoms with Gasteiger partial charge in [0.1, 0.15) is 47.5 Å². The molecule has 4 saturated heterocycles. The average Bonchev–Trinajstić information content (AvgIpc) is 1.57. The van der Waals surface area contributed by atoms with Gasteiger partial charge in [-0.05, 0) is 107 Å². The number of aromatic nitrogens is 8. The average molecular weight is 1640 g/mol. The molecule has 118 heavy (non-hydrogen) atoms. The highest BCUT2D eigenvalue weighted by Crippen LogP contribution is 2.41. The number of amides is 8. The Morgan fingerprint density at radius 1 is 0.364 bits per heavy atom. The monoisotopic (exact) mass is 1640 g/mol. The van der Waals surface area contributed by atoms with Crippen LogP contribution in [0.2, 0.25) is 0 Å². The van der Waals surface area contributed by atoms with Gasteiger partial charge in [0.2, 0.25) is 23.6 Å². The minimum Gasteiger partial charge on any atom is -0.453 e. The standard InChI is InChI=1S/2C42H52F2N8O7/c2*1-23(2)34(49-41(55)57-5)38(53)51-17-7-8-32(51)36-45-19-30(47-36)28-13-9-26(10-14-28)27-11-15-29(16-12-27)31-20-46-37(48-31)33-18-25(22-59-40(43)44)21-52(33)39(54)35(24(3)4)50-42(56)58-6/h2*9-16,19-20,23-25,32-35,40H,7-8,17-18,21-22H2,1-6H3,(H,45,47)(H,46,48)(H,49,55)(H,50,56)/t25-,32+,33+,34+,35+;25-,32-,33-,34-,35-/m10/s1. The molecule has 8 amide bonds. The third-order valence-electron chi connectivity index (χ3n) is 22.0. The molecular weight excluding hydrogens is 1530 g/mol. The number of alkyl halides is 4. The minimum absolute atomic E-state index is 0.128. The quantitative estimate of drug-likeness (QED) is 0.0167. The molecule has 10 atom stereocenters. The fraction of sp³-hybridized carbons (Fsp3) is 0.476. The summed E-state index contributed by atoms with van der Waals surface area (Å²) in [6.07, 6.45) is 7.96. The van der Waals surface area contributed by atoms with Crippen LogP contribution in [0.15, 0.2) is 122 Å². The van der Waals surface area contributed by atoms with E-state index in [4.69, 9.17) is 18.9 Å². The molecule has 4 aliphatic rings. The molecule has 8 N–H and O–H groups in total. The summed E-state index contributed by atoms with van der Waals surface area (Å²) < 4.78 is 79.9. The number of rotatable bonds is 28. The van der Waals surface area contributed by atoms with Crippen molar-refractivity contribution >= 4 is 48.0 Å². The lowest BCUT2D eigenvalue weighted by molar-refractivity contribution is -0.140. The number of imidazole rings is 4. The topological polar surface area (TPSA) is 368 Å². The fourth-order valence-electron chi connectivity index (χ4n) is 15.6. The van der Waals surface area contributed by atoms with Gasteiger partial charge < -0.3 is 89.2 Å². The van der Waals surface area contributed by atoms with Crippen LogP contribution in [0.4, 0.5) is 36.7 Å². The molecule has 4 fully saturated rings. The zero-order chi connectivity index (χ0) is 84.8. The van der Waals surface area contributed by atoms with Crippen LogP contribution in [-0.2, 0) is 47.6 Å². The lowest BCUT2D eigenvalue weighted by Gasteiger charge is -2.30. The van der Waals surface area contributed by atoms with E-state index in [2.05, 4.69) is 70.6 Å². The Hall–Kier alpha value is -11.7. The number of carbonyl (C=O) groups excluding carboxylic acids is 8. The molecule has 0 bridgehead atoms. The second-order valence-corrected chi connectivity index (χ2v) is 31.3. The molecule has 34 heteroatoms. The lowest BCUT2D eigenvalue weighted by atomic mass is 10.0. The molecule has 0 aliphatic carbocycles. The number of ether oxygens (including phenoxy) is 6. The van der Waals surface area contributed by atoms with Crippen LogP contribution in [0.3, 0.4) is 0 Å². The van der Waals surface area contributed by atoms with Gasteiger partial charge in [0, 0.05) is 38.0 Å². The summed E-state index contributed by atoms with van der Waals surface area (Å²) in [6.45, 7) is 9.86. The summed E-state index contributed by atoms with van der Waals surface area (Å²) in [5, 5.41) is 10.6. The van der Waals surface area contributed by atoms with Gasteiger partial charge in [0.05, 0.1) is 113 Å². The van der Waals surface area contributed by atoms with E-state index in [1.165, 1.54) is 28.4 Å². The largest absolute Gasteiger partial charge is 0.453 e. The first-order valence-electron chi connectivity index (χ1n) is 39.6. The fourth-order valence-corrected chi connectivity index (χ4v) is 15.6. The molecule has 0 spiro atoms. The SMILES string of the molecule is COC(=O)N[C@H](C(=O)N1CCC[C@H]1c1ncc(-c2ccc(-c3ccc(-c4cnc([C@@H]5C[C@@H](COC(F)F)CN5C(=O)[C@@H](NC(=O)OC)C(C)C)[nH]4)cc3)cc2)[nH]1)C(C)C.COC(=O)N[C@H](C(=O)N1CCC[C@H]1c1ncc(-c2ccc(-c3ccc(-c4cnc([C@@H]5C[C@H](COC(F)F)CN5C(=O)[C@@H](NC(=O)OC)C(C)C)[nH]4)cc3)cc2)[nH]1)C(C)C. The van der Waals surface area contributed by atoms with Crippen molar-refractivity contribution in [2.75, 3.05) is 67.8 Å². The predicted molar refractivity (Wildman–Crippen MR) is 427 cm³/mol. The Balaban J connectivity index is 0.000000231. The lowest BCUT2D eigenvalue weighted by Crippen LogP contribution is -2.51. The van der Waals surface area contributed by atoms with Gasteiger partial charge in [-0.3, -0.25) is 19.2 Å². The summed E-state index contributed by atoms with van der Waals surface area (Å²) in [5.74, 6) is -0.216. The van der Waals surface area contributed by atoms with Crippen molar-refractivity contribution in [2.24, 2.45) is 35.5 Å². The van der Waals surface area contributed by atoms with E-state index in [0.29, 0.717) is 60.6 Å². The summed E-state index contributed by atoms with van der Waals surface area (Å²) in [5.41, 5.74) is 10.6. The van der Waals surface area contributed by atoms with Crippen LogP contribution in [-0.4, -0.2) is 213 Å². The van der Waals surface area contributed by atoms with Gasteiger partial charge in [-0.15, -0.1) is 0 Å². The number of halogens is 4. The second-order valence-electron chi connectivity index (χ2n) is 31.3. The predicted octanol–water partition coefficient (Wildman–Crippen LogP) is 13.4. The molecule has 12 rings (SSSR count). The smallest absolute Gasteiger partial charge is 0.407 e. The van der Waals surface area contributed by atoms with Gasteiger partial charge in [-0.2, -0.15) is 17.6 Å². The highest BCUT2D eigenvalue weighted by Gasteiger charge is 2.45. The van der Waals surface area contributed by atoms with Crippen LogP contribution in [0.25, 0.3) is 67.3 Å². The highest BCUT2D eigenvalue weighted by atomic mass is 19.3. The van der Waals surface area contributed by atoms with Crippen LogP contribution in [0, 0.1) is 35.5 Å². The van der Waals surface area contributed by atoms with E-state index >= 15 is 0 Å². The van der Waals surface area contributed by atoms with Crippen molar-refractivity contribution in [3.8, 4) is 67.3 Å². The number of carbonyl (C=O) groups is 8. The molecule has 632 valence electrons. The second kappa shape index (κ2) is 39.5. The first kappa shape index (κ1) is 87.2. The maximum Gasteiger partial charge on any atom is 0.407 e. The zero-order valence-corrected chi connectivity index (χ0v) is 68.1. The van der Waals surface area contributed by atoms with Crippen LogP contribution >= 0.6 is 0 Å². The Morgan fingerprint density at radius 3 is 0.822 bits per heavy atom. The number of nitrogens with one attached hydrogen (secondary N) is 8. The summed E-state index contributed by atoms with van der Waals surface area (Å²) >= 11 is 0. The molecule has 0 unspecified atom stereocenters. The summed E-state index contributed by atoms with van der Waals surface area (Å²) in [7, 11) is 4.98. The van der Waals surface area contributed by atoms with Gasteiger partial charge in [0.25, 0.3) is 0 Å². The number of H-pyrrole nitrogens is 4. The van der Waals surface area contributed by atoms with Crippen molar-refractivity contribution in [1.29, 1.82) is 0 Å². The number of alkyl carbamates (subject to hydrolysis) is 4. The number of benzene rings is 4. The summed E-state index contributed by atoms with van der Waals surface area (Å²) in [6, 6.07) is 27.2. The maximum atomic E-state index is 13.8. The number of methoxy groups -OCH3 is 4. The van der Waals surface area contributed by atoms with Crippen LogP contribution < -0.4 is 21.3 Å². The third kappa shape index (κ3) is 21.0. The van der Waals surface area contributed by atoms with Crippen LogP contribution in [0.5, 0.6) is 0 Å². The molecule has 8 aromatic rings. The zero-order valence-electron chi connectivity index (χ0n) is 68.1. The van der Waals surface area contributed by atoms with Crippen molar-refractivity contribution < 1.29 is 84.3 Å². The maximum absolute atomic E-state index is 13.8. The molecule has 4 aliphatic heterocycles. The van der Waals surface area contributed by atoms with Gasteiger partial charge in [-0.1, -0.05) is 152 Å². The molecule has 4 aromatic carbocycles. The third-order valence-corrected chi connectivity index (χ3v) is 22.0. The van der Waals surface area contributed by atoms with E-state index in [0.717, 1.165) is 81.6 Å².